The highest BCUT2D eigenvalue weighted by Gasteiger charge is 2.13. The van der Waals surface area contributed by atoms with E-state index in [2.05, 4.69) is 50.3 Å². The van der Waals surface area contributed by atoms with Crippen LogP contribution in [0.5, 0.6) is 0 Å². The van der Waals surface area contributed by atoms with E-state index in [-0.39, 0.29) is 6.03 Å². The molecule has 0 saturated heterocycles. The molecule has 8 heteroatoms. The molecule has 0 saturated carbocycles. The molecule has 3 aromatic carbocycles. The molecule has 0 spiro atoms. The first-order valence-electron chi connectivity index (χ1n) is 11.5. The van der Waals surface area contributed by atoms with Crippen LogP contribution in [0.4, 0.5) is 39.3 Å². The summed E-state index contributed by atoms with van der Waals surface area (Å²) in [5, 5.41) is 12.9. The molecule has 176 valence electrons. The van der Waals surface area contributed by atoms with Crippen molar-refractivity contribution >= 4 is 52.1 Å². The predicted molar refractivity (Wildman–Crippen MR) is 142 cm³/mol. The number of carbonyl (C=O) groups is 1. The second-order valence-corrected chi connectivity index (χ2v) is 8.71. The number of fused-ring (bicyclic) bond motifs is 6. The van der Waals surface area contributed by atoms with Crippen LogP contribution in [0, 0.1) is 0 Å². The first kappa shape index (κ1) is 22.7. The quantitative estimate of drug-likeness (QED) is 0.253. The Labute approximate surface area is 209 Å². The van der Waals surface area contributed by atoms with Gasteiger partial charge in [-0.15, -0.1) is 0 Å². The molecule has 0 aliphatic carbocycles. The lowest BCUT2D eigenvalue weighted by atomic mass is 10.0. The molecule has 0 unspecified atom stereocenters. The van der Waals surface area contributed by atoms with Crippen molar-refractivity contribution in [2.45, 2.75) is 26.2 Å². The number of halogens is 1. The van der Waals surface area contributed by atoms with Gasteiger partial charge < -0.3 is 21.3 Å². The zero-order chi connectivity index (χ0) is 24.2. The van der Waals surface area contributed by atoms with E-state index in [0.717, 1.165) is 58.7 Å². The molecule has 35 heavy (non-hydrogen) atoms. The SMILES string of the molecule is CCc1ccccc1NC(=O)Nc1ccc2cc1CCc1cccc(c1)Nc1ncc(Cl)c(n1)N2. The van der Waals surface area contributed by atoms with Gasteiger partial charge in [0.2, 0.25) is 5.95 Å². The second kappa shape index (κ2) is 10.0. The zero-order valence-electron chi connectivity index (χ0n) is 19.2. The first-order chi connectivity index (χ1) is 17.1. The molecule has 4 N–H and O–H groups in total. The highest BCUT2D eigenvalue weighted by molar-refractivity contribution is 6.32. The fraction of sp³-hybridized carbons (Fsp3) is 0.148. The van der Waals surface area contributed by atoms with Crippen LogP contribution in [0.25, 0.3) is 0 Å². The summed E-state index contributed by atoms with van der Waals surface area (Å²) < 4.78 is 0. The Morgan fingerprint density at radius 1 is 0.943 bits per heavy atom. The van der Waals surface area contributed by atoms with Crippen molar-refractivity contribution in [1.29, 1.82) is 0 Å². The fourth-order valence-electron chi connectivity index (χ4n) is 4.09. The van der Waals surface area contributed by atoms with Crippen molar-refractivity contribution in [3.63, 3.8) is 0 Å². The highest BCUT2D eigenvalue weighted by atomic mass is 35.5. The van der Waals surface area contributed by atoms with Gasteiger partial charge in [0, 0.05) is 22.7 Å². The van der Waals surface area contributed by atoms with Crippen molar-refractivity contribution in [3.05, 3.63) is 94.6 Å². The van der Waals surface area contributed by atoms with E-state index in [1.165, 1.54) is 0 Å². The number of para-hydroxylation sites is 1. The number of rotatable bonds is 3. The molecule has 5 rings (SSSR count). The Morgan fingerprint density at radius 3 is 2.66 bits per heavy atom. The van der Waals surface area contributed by atoms with Crippen molar-refractivity contribution in [2.75, 3.05) is 21.3 Å². The summed E-state index contributed by atoms with van der Waals surface area (Å²) in [5.74, 6) is 0.955. The number of amides is 2. The van der Waals surface area contributed by atoms with Crippen LogP contribution in [-0.4, -0.2) is 16.0 Å². The van der Waals surface area contributed by atoms with Gasteiger partial charge in [-0.2, -0.15) is 4.98 Å². The Hall–Kier alpha value is -4.10. The number of aryl methyl sites for hydroxylation is 3. The van der Waals surface area contributed by atoms with E-state index in [9.17, 15) is 4.79 Å². The molecule has 0 fully saturated rings. The van der Waals surface area contributed by atoms with Crippen LogP contribution in [0.1, 0.15) is 23.6 Å². The van der Waals surface area contributed by atoms with Crippen molar-refractivity contribution in [2.24, 2.45) is 0 Å². The number of carbonyl (C=O) groups excluding carboxylic acids is 1. The number of hydrogen-bond donors (Lipinski definition) is 4. The number of nitrogens with zero attached hydrogens (tertiary/aromatic N) is 2. The molecule has 1 aliphatic rings. The number of aromatic nitrogens is 2. The van der Waals surface area contributed by atoms with Gasteiger partial charge in [-0.25, -0.2) is 9.78 Å². The lowest BCUT2D eigenvalue weighted by Crippen LogP contribution is -2.21. The minimum absolute atomic E-state index is 0.277. The summed E-state index contributed by atoms with van der Waals surface area (Å²) in [5.41, 5.74) is 6.52. The van der Waals surface area contributed by atoms with Gasteiger partial charge in [-0.05, 0) is 72.4 Å². The van der Waals surface area contributed by atoms with Gasteiger partial charge in [0.15, 0.2) is 5.82 Å². The van der Waals surface area contributed by atoms with Gasteiger partial charge in [0.1, 0.15) is 5.02 Å². The van der Waals surface area contributed by atoms with Gasteiger partial charge in [0.25, 0.3) is 0 Å². The van der Waals surface area contributed by atoms with Gasteiger partial charge in [-0.3, -0.25) is 0 Å². The Morgan fingerprint density at radius 2 is 1.77 bits per heavy atom. The number of hydrogen-bond acceptors (Lipinski definition) is 5. The zero-order valence-corrected chi connectivity index (χ0v) is 20.0. The predicted octanol–water partition coefficient (Wildman–Crippen LogP) is 6.92. The molecule has 2 heterocycles. The highest BCUT2D eigenvalue weighted by Crippen LogP contribution is 2.29. The van der Waals surface area contributed by atoms with E-state index in [1.807, 2.05) is 54.6 Å². The van der Waals surface area contributed by atoms with Crippen molar-refractivity contribution < 1.29 is 4.79 Å². The Balaban J connectivity index is 1.46. The van der Waals surface area contributed by atoms with E-state index >= 15 is 0 Å². The third-order valence-electron chi connectivity index (χ3n) is 5.87. The van der Waals surface area contributed by atoms with E-state index < -0.39 is 0 Å². The number of benzene rings is 3. The largest absolute Gasteiger partial charge is 0.339 e. The van der Waals surface area contributed by atoms with E-state index in [0.29, 0.717) is 16.8 Å². The molecule has 4 aromatic rings. The van der Waals surface area contributed by atoms with Crippen LogP contribution >= 0.6 is 11.6 Å². The third kappa shape index (κ3) is 5.36. The molecule has 2 amide bonds. The average Bonchev–Trinajstić information content (AvgIpc) is 2.86. The summed E-state index contributed by atoms with van der Waals surface area (Å²) in [6, 6.07) is 21.5. The summed E-state index contributed by atoms with van der Waals surface area (Å²) >= 11 is 6.35. The van der Waals surface area contributed by atoms with Gasteiger partial charge >= 0.3 is 6.03 Å². The Kier molecular flexibility index (Phi) is 6.50. The third-order valence-corrected chi connectivity index (χ3v) is 6.15. The fourth-order valence-corrected chi connectivity index (χ4v) is 4.23. The van der Waals surface area contributed by atoms with Crippen molar-refractivity contribution in [1.82, 2.24) is 9.97 Å². The topological polar surface area (TPSA) is 91.0 Å². The molecule has 0 radical (unpaired) electrons. The lowest BCUT2D eigenvalue weighted by molar-refractivity contribution is 0.262. The number of anilines is 6. The van der Waals surface area contributed by atoms with Crippen LogP contribution in [-0.2, 0) is 19.3 Å². The summed E-state index contributed by atoms with van der Waals surface area (Å²) in [6.07, 6.45) is 3.94. The van der Waals surface area contributed by atoms with Crippen LogP contribution in [0.3, 0.4) is 0 Å². The minimum atomic E-state index is -0.277. The molecular weight excluding hydrogens is 460 g/mol. The maximum atomic E-state index is 12.9. The smallest absolute Gasteiger partial charge is 0.323 e. The van der Waals surface area contributed by atoms with Gasteiger partial charge in [0.05, 0.1) is 6.20 Å². The second-order valence-electron chi connectivity index (χ2n) is 8.30. The lowest BCUT2D eigenvalue weighted by Gasteiger charge is -2.16. The number of nitrogens with one attached hydrogen (secondary N) is 4. The summed E-state index contributed by atoms with van der Waals surface area (Å²) in [6.45, 7) is 2.07. The number of urea groups is 1. The molecule has 6 bridgehead atoms. The molecule has 1 aromatic heterocycles. The standard InChI is InChI=1S/C27H25ClN6O/c1-2-18-7-3-4-9-23(18)32-27(35)33-24-13-12-21-15-19(24)11-10-17-6-5-8-20(14-17)31-26-29-16-22(28)25(30-21)34-26/h3-9,12-16H,2,10-11H2,1H3,(H2,32,33,35)(H2,29,30,31,34). The first-order valence-corrected chi connectivity index (χ1v) is 11.9. The molecule has 0 atom stereocenters. The van der Waals surface area contributed by atoms with Crippen LogP contribution in [0.15, 0.2) is 72.9 Å². The van der Waals surface area contributed by atoms with Crippen LogP contribution < -0.4 is 21.3 Å². The van der Waals surface area contributed by atoms with Crippen molar-refractivity contribution in [3.8, 4) is 0 Å². The maximum absolute atomic E-state index is 12.9. The molecule has 1 aliphatic heterocycles. The van der Waals surface area contributed by atoms with E-state index in [1.54, 1.807) is 6.20 Å². The summed E-state index contributed by atoms with van der Waals surface area (Å²) in [7, 11) is 0. The average molecular weight is 485 g/mol. The van der Waals surface area contributed by atoms with Gasteiger partial charge in [-0.1, -0.05) is 48.9 Å². The Bertz CT molecular complexity index is 1390. The minimum Gasteiger partial charge on any atom is -0.339 e. The molecular formula is C27H25ClN6O. The summed E-state index contributed by atoms with van der Waals surface area (Å²) in [4.78, 5) is 21.7. The van der Waals surface area contributed by atoms with Crippen LogP contribution in [0.2, 0.25) is 5.02 Å². The maximum Gasteiger partial charge on any atom is 0.323 e. The van der Waals surface area contributed by atoms with E-state index in [4.69, 9.17) is 11.6 Å². The normalized spacial score (nSPS) is 12.2. The monoisotopic (exact) mass is 484 g/mol. The molecule has 7 nitrogen and oxygen atoms in total.